The fourth-order valence-corrected chi connectivity index (χ4v) is 6.38. The van der Waals surface area contributed by atoms with Crippen LogP contribution in [0.5, 0.6) is 0 Å². The number of anilines is 1. The molecule has 0 saturated carbocycles. The van der Waals surface area contributed by atoms with Crippen molar-refractivity contribution in [3.8, 4) is 11.3 Å². The van der Waals surface area contributed by atoms with Gasteiger partial charge in [-0.15, -0.1) is 5.10 Å². The zero-order chi connectivity index (χ0) is 31.1. The normalized spacial score (nSPS) is 17.4. The fraction of sp³-hybridized carbons (Fsp3) is 0.200. The third-order valence-corrected chi connectivity index (χ3v) is 8.63. The third-order valence-electron chi connectivity index (χ3n) is 8.63. The Hall–Kier alpha value is -5.25. The van der Waals surface area contributed by atoms with Gasteiger partial charge in [0.15, 0.2) is 0 Å². The molecular weight excluding hydrogens is 579 g/mol. The van der Waals surface area contributed by atoms with E-state index in [0.717, 1.165) is 17.2 Å². The lowest BCUT2D eigenvalue weighted by Crippen LogP contribution is -2.50. The minimum absolute atomic E-state index is 0.103. The van der Waals surface area contributed by atoms with Crippen LogP contribution in [0.25, 0.3) is 11.3 Å². The van der Waals surface area contributed by atoms with E-state index in [4.69, 9.17) is 0 Å². The first-order valence-electron chi connectivity index (χ1n) is 14.8. The molecule has 1 aliphatic heterocycles. The molecule has 2 aliphatic rings. The van der Waals surface area contributed by atoms with Crippen molar-refractivity contribution < 1.29 is 22.8 Å². The molecule has 4 aromatic carbocycles. The smallest absolute Gasteiger partial charge is 0.254 e. The zero-order valence-electron chi connectivity index (χ0n) is 24.1. The topological polar surface area (TPSA) is 80.1 Å². The van der Waals surface area contributed by atoms with Crippen LogP contribution < -0.4 is 5.32 Å². The number of amides is 2. The van der Waals surface area contributed by atoms with Crippen molar-refractivity contribution in [2.45, 2.75) is 44.3 Å². The number of aromatic nitrogens is 3. The van der Waals surface area contributed by atoms with Crippen molar-refractivity contribution in [2.75, 3.05) is 5.32 Å². The summed E-state index contributed by atoms with van der Waals surface area (Å²) >= 11 is 0. The molecule has 0 saturated heterocycles. The minimum Gasteiger partial charge on any atom is -0.324 e. The molecule has 1 unspecified atom stereocenters. The number of hydrogen-bond acceptors (Lipinski definition) is 4. The summed E-state index contributed by atoms with van der Waals surface area (Å²) in [5, 5.41) is 11.2. The molecule has 2 amide bonds. The Morgan fingerprint density at radius 3 is 2.47 bits per heavy atom. The summed E-state index contributed by atoms with van der Waals surface area (Å²) in [6.45, 7) is 0.276. The number of fused-ring (bicyclic) bond motifs is 2. The Bertz CT molecular complexity index is 1930. The number of rotatable bonds is 5. The van der Waals surface area contributed by atoms with E-state index in [2.05, 4.69) is 15.6 Å². The summed E-state index contributed by atoms with van der Waals surface area (Å²) in [7, 11) is 0. The van der Waals surface area contributed by atoms with Crippen molar-refractivity contribution in [2.24, 2.45) is 0 Å². The Morgan fingerprint density at radius 1 is 0.867 bits per heavy atom. The molecule has 1 N–H and O–H groups in total. The van der Waals surface area contributed by atoms with Gasteiger partial charge in [0, 0.05) is 35.8 Å². The van der Waals surface area contributed by atoms with Gasteiger partial charge in [-0.1, -0.05) is 47.7 Å². The van der Waals surface area contributed by atoms with Gasteiger partial charge in [0.1, 0.15) is 29.2 Å². The molecular formula is C35H28F3N5O2. The van der Waals surface area contributed by atoms with E-state index in [-0.39, 0.29) is 23.7 Å². The van der Waals surface area contributed by atoms with Gasteiger partial charge in [-0.25, -0.2) is 17.9 Å². The number of benzene rings is 4. The van der Waals surface area contributed by atoms with Crippen LogP contribution in [0.2, 0.25) is 0 Å². The Kier molecular flexibility index (Phi) is 7.40. The molecule has 7 rings (SSSR count). The minimum atomic E-state index is -0.797. The first kappa shape index (κ1) is 28.5. The molecule has 0 fully saturated rings. The molecule has 45 heavy (non-hydrogen) atoms. The van der Waals surface area contributed by atoms with E-state index in [1.165, 1.54) is 28.9 Å². The standard InChI is InChI=1S/C35H28F3N5O2/c36-24-16-27-26(30(38)17-24)11-6-12-32(27)43-20-31(40-41-43)28-18-25(13-14-29(28)37)39-34(44)33-15-22-9-4-5-10-23(22)19-42(33)35(45)21-7-2-1-3-8-21/h1-5,7-10,13-14,16-18,20,32-33H,6,11-12,15,19H2,(H,39,44)/t32-,33?/m0/s1. The van der Waals surface area contributed by atoms with Crippen molar-refractivity contribution in [1.29, 1.82) is 0 Å². The lowest BCUT2D eigenvalue weighted by Gasteiger charge is -2.36. The molecule has 1 aliphatic carbocycles. The molecule has 0 spiro atoms. The lowest BCUT2D eigenvalue weighted by molar-refractivity contribution is -0.121. The summed E-state index contributed by atoms with van der Waals surface area (Å²) in [6.07, 6.45) is 3.65. The van der Waals surface area contributed by atoms with Crippen molar-refractivity contribution >= 4 is 17.5 Å². The van der Waals surface area contributed by atoms with Gasteiger partial charge in [-0.3, -0.25) is 9.59 Å². The van der Waals surface area contributed by atoms with Crippen LogP contribution >= 0.6 is 0 Å². The first-order chi connectivity index (χ1) is 21.9. The van der Waals surface area contributed by atoms with Gasteiger partial charge < -0.3 is 10.2 Å². The highest BCUT2D eigenvalue weighted by molar-refractivity contribution is 6.01. The van der Waals surface area contributed by atoms with Gasteiger partial charge >= 0.3 is 0 Å². The number of hydrogen-bond donors (Lipinski definition) is 1. The molecule has 0 bridgehead atoms. The van der Waals surface area contributed by atoms with Crippen LogP contribution in [-0.4, -0.2) is 37.7 Å². The maximum absolute atomic E-state index is 15.1. The molecule has 1 aromatic heterocycles. The molecule has 2 atom stereocenters. The summed E-state index contributed by atoms with van der Waals surface area (Å²) in [5.74, 6) is -2.49. The summed E-state index contributed by atoms with van der Waals surface area (Å²) in [4.78, 5) is 28.9. The van der Waals surface area contributed by atoms with E-state index in [1.807, 2.05) is 30.3 Å². The van der Waals surface area contributed by atoms with Crippen LogP contribution in [0.1, 0.15) is 51.5 Å². The van der Waals surface area contributed by atoms with Crippen LogP contribution in [0.15, 0.2) is 91.1 Å². The monoisotopic (exact) mass is 607 g/mol. The van der Waals surface area contributed by atoms with Crippen molar-refractivity contribution in [1.82, 2.24) is 19.9 Å². The molecule has 226 valence electrons. The number of carbonyl (C=O) groups excluding carboxylic acids is 2. The van der Waals surface area contributed by atoms with Gasteiger partial charge in [0.05, 0.1) is 12.2 Å². The van der Waals surface area contributed by atoms with E-state index >= 15 is 4.39 Å². The highest BCUT2D eigenvalue weighted by Gasteiger charge is 2.35. The lowest BCUT2D eigenvalue weighted by atomic mass is 9.87. The van der Waals surface area contributed by atoms with Crippen LogP contribution in [0.4, 0.5) is 18.9 Å². The van der Waals surface area contributed by atoms with E-state index < -0.39 is 35.4 Å². The van der Waals surface area contributed by atoms with E-state index in [0.29, 0.717) is 48.1 Å². The maximum atomic E-state index is 15.1. The average molecular weight is 608 g/mol. The maximum Gasteiger partial charge on any atom is 0.254 e. The third kappa shape index (κ3) is 5.48. The van der Waals surface area contributed by atoms with E-state index in [9.17, 15) is 18.4 Å². The predicted octanol–water partition coefficient (Wildman–Crippen LogP) is 6.49. The number of nitrogens with zero attached hydrogens (tertiary/aromatic N) is 4. The van der Waals surface area contributed by atoms with E-state index in [1.54, 1.807) is 35.4 Å². The van der Waals surface area contributed by atoms with Gasteiger partial charge in [0.25, 0.3) is 5.91 Å². The Labute approximate surface area is 257 Å². The largest absolute Gasteiger partial charge is 0.324 e. The van der Waals surface area contributed by atoms with Crippen molar-refractivity contribution in [3.63, 3.8) is 0 Å². The first-order valence-corrected chi connectivity index (χ1v) is 14.8. The SMILES string of the molecule is O=C(Nc1ccc(F)c(-c2cn([C@H]3CCCc4c(F)cc(F)cc43)nn2)c1)C1Cc2ccccc2CN1C(=O)c1ccccc1. The summed E-state index contributed by atoms with van der Waals surface area (Å²) in [6, 6.07) is 21.6. The van der Waals surface area contributed by atoms with Gasteiger partial charge in [-0.05, 0) is 77.9 Å². The molecule has 5 aromatic rings. The molecule has 2 heterocycles. The van der Waals surface area contributed by atoms with Crippen molar-refractivity contribution in [3.05, 3.63) is 136 Å². The van der Waals surface area contributed by atoms with Crippen LogP contribution in [0, 0.1) is 17.5 Å². The Morgan fingerprint density at radius 2 is 1.64 bits per heavy atom. The average Bonchev–Trinajstić information content (AvgIpc) is 3.54. The summed E-state index contributed by atoms with van der Waals surface area (Å²) < 4.78 is 45.2. The highest BCUT2D eigenvalue weighted by Crippen LogP contribution is 2.36. The fourth-order valence-electron chi connectivity index (χ4n) is 6.38. The number of nitrogens with one attached hydrogen (secondary N) is 1. The van der Waals surface area contributed by atoms with Gasteiger partial charge in [-0.2, -0.15) is 0 Å². The molecule has 10 heteroatoms. The number of halogens is 3. The number of carbonyl (C=O) groups is 2. The second-order valence-corrected chi connectivity index (χ2v) is 11.4. The predicted molar refractivity (Wildman–Crippen MR) is 162 cm³/mol. The molecule has 0 radical (unpaired) electrons. The Balaban J connectivity index is 1.15. The summed E-state index contributed by atoms with van der Waals surface area (Å²) in [5.41, 5.74) is 4.02. The van der Waals surface area contributed by atoms with Crippen LogP contribution in [-0.2, 0) is 24.2 Å². The zero-order valence-corrected chi connectivity index (χ0v) is 24.1. The van der Waals surface area contributed by atoms with Crippen LogP contribution in [0.3, 0.4) is 0 Å². The highest BCUT2D eigenvalue weighted by atomic mass is 19.1. The quantitative estimate of drug-likeness (QED) is 0.248. The second-order valence-electron chi connectivity index (χ2n) is 11.4. The second kappa shape index (κ2) is 11.7. The van der Waals surface area contributed by atoms with Gasteiger partial charge in [0.2, 0.25) is 5.91 Å². The molecule has 7 nitrogen and oxygen atoms in total.